The van der Waals surface area contributed by atoms with E-state index in [-0.39, 0.29) is 11.4 Å². The average molecular weight is 356 g/mol. The number of benzene rings is 1. The SMILES string of the molecule is CCOc1cc(/C=N/NC(=O)c2cc(-c3cccs3)[nH]n2)ccc1O. The van der Waals surface area contributed by atoms with Gasteiger partial charge in [-0.25, -0.2) is 5.43 Å². The number of thiophene rings is 1. The Morgan fingerprint density at radius 3 is 3.08 bits per heavy atom. The number of nitrogens with one attached hydrogen (secondary N) is 2. The summed E-state index contributed by atoms with van der Waals surface area (Å²) < 4.78 is 5.30. The number of aromatic hydroxyl groups is 1. The molecule has 3 N–H and O–H groups in total. The van der Waals surface area contributed by atoms with Crippen molar-refractivity contribution in [1.82, 2.24) is 15.6 Å². The second kappa shape index (κ2) is 7.63. The van der Waals surface area contributed by atoms with Crippen molar-refractivity contribution < 1.29 is 14.6 Å². The molecule has 1 amide bonds. The van der Waals surface area contributed by atoms with E-state index in [0.717, 1.165) is 10.6 Å². The summed E-state index contributed by atoms with van der Waals surface area (Å²) in [6, 6.07) is 10.4. The fraction of sp³-hybridized carbons (Fsp3) is 0.118. The lowest BCUT2D eigenvalue weighted by molar-refractivity contribution is 0.0950. The number of carbonyl (C=O) groups excluding carboxylic acids is 1. The summed E-state index contributed by atoms with van der Waals surface area (Å²) in [6.07, 6.45) is 1.46. The molecule has 0 aliphatic carbocycles. The Balaban J connectivity index is 1.64. The Morgan fingerprint density at radius 1 is 1.44 bits per heavy atom. The summed E-state index contributed by atoms with van der Waals surface area (Å²) in [5.74, 6) is 0.00504. The Labute approximate surface area is 148 Å². The first kappa shape index (κ1) is 16.7. The van der Waals surface area contributed by atoms with E-state index < -0.39 is 5.91 Å². The van der Waals surface area contributed by atoms with E-state index in [1.54, 1.807) is 29.5 Å². The Bertz CT molecular complexity index is 887. The number of amides is 1. The summed E-state index contributed by atoms with van der Waals surface area (Å²) in [5, 5.41) is 22.3. The first-order chi connectivity index (χ1) is 12.2. The van der Waals surface area contributed by atoms with Crippen LogP contribution in [0.5, 0.6) is 11.5 Å². The van der Waals surface area contributed by atoms with E-state index in [0.29, 0.717) is 17.9 Å². The van der Waals surface area contributed by atoms with Crippen LogP contribution in [-0.2, 0) is 0 Å². The number of hydrogen-bond donors (Lipinski definition) is 3. The third kappa shape index (κ3) is 4.04. The van der Waals surface area contributed by atoms with Crippen LogP contribution in [0.25, 0.3) is 10.6 Å². The molecule has 0 aliphatic rings. The van der Waals surface area contributed by atoms with Gasteiger partial charge in [0.15, 0.2) is 17.2 Å². The molecule has 8 heteroatoms. The Kier molecular flexibility index (Phi) is 5.10. The van der Waals surface area contributed by atoms with Crippen molar-refractivity contribution in [2.24, 2.45) is 5.10 Å². The lowest BCUT2D eigenvalue weighted by Gasteiger charge is -2.05. The smallest absolute Gasteiger partial charge is 0.291 e. The van der Waals surface area contributed by atoms with Gasteiger partial charge in [-0.15, -0.1) is 11.3 Å². The first-order valence-corrected chi connectivity index (χ1v) is 8.44. The second-order valence-corrected chi connectivity index (χ2v) is 5.95. The minimum absolute atomic E-state index is 0.0562. The van der Waals surface area contributed by atoms with E-state index in [4.69, 9.17) is 4.74 Å². The molecule has 3 aromatic rings. The van der Waals surface area contributed by atoms with Crippen LogP contribution in [0.4, 0.5) is 0 Å². The molecule has 0 fully saturated rings. The van der Waals surface area contributed by atoms with Gasteiger partial charge < -0.3 is 9.84 Å². The van der Waals surface area contributed by atoms with E-state index in [1.807, 2.05) is 24.4 Å². The number of phenols is 1. The van der Waals surface area contributed by atoms with Crippen molar-refractivity contribution in [3.05, 3.63) is 53.0 Å². The van der Waals surface area contributed by atoms with Crippen LogP contribution in [-0.4, -0.2) is 34.0 Å². The van der Waals surface area contributed by atoms with Crippen molar-refractivity contribution in [2.45, 2.75) is 6.92 Å². The molecule has 0 unspecified atom stereocenters. The van der Waals surface area contributed by atoms with E-state index >= 15 is 0 Å². The third-order valence-electron chi connectivity index (χ3n) is 3.26. The summed E-state index contributed by atoms with van der Waals surface area (Å²) in [4.78, 5) is 13.1. The highest BCUT2D eigenvalue weighted by molar-refractivity contribution is 7.13. The van der Waals surface area contributed by atoms with Crippen molar-refractivity contribution in [2.75, 3.05) is 6.61 Å². The van der Waals surface area contributed by atoms with Gasteiger partial charge in [-0.2, -0.15) is 10.2 Å². The highest BCUT2D eigenvalue weighted by atomic mass is 32.1. The van der Waals surface area contributed by atoms with Crippen LogP contribution in [0.15, 0.2) is 46.9 Å². The van der Waals surface area contributed by atoms with Crippen molar-refractivity contribution in [3.63, 3.8) is 0 Å². The molecule has 3 rings (SSSR count). The normalized spacial score (nSPS) is 10.9. The minimum Gasteiger partial charge on any atom is -0.504 e. The second-order valence-electron chi connectivity index (χ2n) is 5.00. The molecule has 25 heavy (non-hydrogen) atoms. The van der Waals surface area contributed by atoms with Gasteiger partial charge in [0.2, 0.25) is 0 Å². The van der Waals surface area contributed by atoms with Crippen molar-refractivity contribution in [1.29, 1.82) is 0 Å². The zero-order valence-corrected chi connectivity index (χ0v) is 14.2. The summed E-state index contributed by atoms with van der Waals surface area (Å²) in [5.41, 5.74) is 4.14. The molecule has 0 saturated carbocycles. The number of nitrogens with zero attached hydrogens (tertiary/aromatic N) is 2. The van der Waals surface area contributed by atoms with Crippen molar-refractivity contribution in [3.8, 4) is 22.1 Å². The van der Waals surface area contributed by atoms with Gasteiger partial charge in [0, 0.05) is 0 Å². The molecule has 0 spiro atoms. The maximum absolute atomic E-state index is 12.1. The lowest BCUT2D eigenvalue weighted by atomic mass is 10.2. The molecule has 0 aliphatic heterocycles. The van der Waals surface area contributed by atoms with Gasteiger partial charge in [0.25, 0.3) is 5.91 Å². The van der Waals surface area contributed by atoms with Gasteiger partial charge in [0.05, 0.1) is 23.4 Å². The minimum atomic E-state index is -0.417. The number of phenolic OH excluding ortho intramolecular Hbond substituents is 1. The first-order valence-electron chi connectivity index (χ1n) is 7.56. The largest absolute Gasteiger partial charge is 0.504 e. The highest BCUT2D eigenvalue weighted by Gasteiger charge is 2.11. The molecule has 7 nitrogen and oxygen atoms in total. The standard InChI is InChI=1S/C17H16N4O3S/c1-2-24-15-8-11(5-6-14(15)22)10-18-21-17(23)13-9-12(19-20-13)16-4-3-7-25-16/h3-10,22H,2H2,1H3,(H,19,20)(H,21,23)/b18-10+. The fourth-order valence-corrected chi connectivity index (χ4v) is 2.79. The van der Waals surface area contributed by atoms with Gasteiger partial charge >= 0.3 is 0 Å². The van der Waals surface area contributed by atoms with Crippen LogP contribution in [0.1, 0.15) is 23.0 Å². The summed E-state index contributed by atoms with van der Waals surface area (Å²) >= 11 is 1.56. The monoisotopic (exact) mass is 356 g/mol. The average Bonchev–Trinajstić information content (AvgIpc) is 3.29. The number of aromatic amines is 1. The van der Waals surface area contributed by atoms with Gasteiger partial charge in [-0.3, -0.25) is 9.89 Å². The molecule has 0 bridgehead atoms. The predicted octanol–water partition coefficient (Wildman–Crippen LogP) is 3.01. The predicted molar refractivity (Wildman–Crippen MR) is 96.2 cm³/mol. The molecule has 2 heterocycles. The van der Waals surface area contributed by atoms with Crippen LogP contribution >= 0.6 is 11.3 Å². The fourth-order valence-electron chi connectivity index (χ4n) is 2.10. The quantitative estimate of drug-likeness (QED) is 0.467. The molecule has 1 aromatic carbocycles. The zero-order chi connectivity index (χ0) is 17.6. The van der Waals surface area contributed by atoms with E-state index in [9.17, 15) is 9.90 Å². The highest BCUT2D eigenvalue weighted by Crippen LogP contribution is 2.26. The van der Waals surface area contributed by atoms with E-state index in [2.05, 4.69) is 20.7 Å². The van der Waals surface area contributed by atoms with Crippen molar-refractivity contribution >= 4 is 23.5 Å². The third-order valence-corrected chi connectivity index (χ3v) is 4.16. The number of hydrazone groups is 1. The van der Waals surface area contributed by atoms with E-state index in [1.165, 1.54) is 12.3 Å². The van der Waals surface area contributed by atoms with Gasteiger partial charge in [-0.1, -0.05) is 6.07 Å². The number of hydrogen-bond acceptors (Lipinski definition) is 6. The molecule has 0 saturated heterocycles. The number of rotatable bonds is 6. The molecular formula is C17H16N4O3S. The molecular weight excluding hydrogens is 340 g/mol. The van der Waals surface area contributed by atoms with Crippen LogP contribution in [0.3, 0.4) is 0 Å². The maximum Gasteiger partial charge on any atom is 0.291 e. The van der Waals surface area contributed by atoms with Crippen LogP contribution in [0, 0.1) is 0 Å². The van der Waals surface area contributed by atoms with Gasteiger partial charge in [-0.05, 0) is 48.2 Å². The van der Waals surface area contributed by atoms with Gasteiger partial charge in [0.1, 0.15) is 0 Å². The Morgan fingerprint density at radius 2 is 2.32 bits per heavy atom. The number of carbonyl (C=O) groups is 1. The number of aromatic nitrogens is 2. The molecule has 0 atom stereocenters. The Hall–Kier alpha value is -3.13. The zero-order valence-electron chi connectivity index (χ0n) is 13.4. The number of ether oxygens (including phenoxy) is 1. The summed E-state index contributed by atoms with van der Waals surface area (Å²) in [7, 11) is 0. The summed E-state index contributed by atoms with van der Waals surface area (Å²) in [6.45, 7) is 2.27. The lowest BCUT2D eigenvalue weighted by Crippen LogP contribution is -2.18. The molecule has 128 valence electrons. The maximum atomic E-state index is 12.1. The number of H-pyrrole nitrogens is 1. The topological polar surface area (TPSA) is 99.6 Å². The molecule has 2 aromatic heterocycles. The van der Waals surface area contributed by atoms with Crippen LogP contribution in [0.2, 0.25) is 0 Å². The van der Waals surface area contributed by atoms with Crippen LogP contribution < -0.4 is 10.2 Å². The molecule has 0 radical (unpaired) electrons.